The summed E-state index contributed by atoms with van der Waals surface area (Å²) in [7, 11) is 1.93. The van der Waals surface area contributed by atoms with E-state index in [9.17, 15) is 0 Å². The van der Waals surface area contributed by atoms with Crippen LogP contribution in [0.1, 0.15) is 22.3 Å². The molecule has 0 bridgehead atoms. The molecule has 3 nitrogen and oxygen atoms in total. The first kappa shape index (κ1) is 14.2. The van der Waals surface area contributed by atoms with Gasteiger partial charge in [-0.3, -0.25) is 4.90 Å². The van der Waals surface area contributed by atoms with Gasteiger partial charge in [0.05, 0.1) is 19.3 Å². The third kappa shape index (κ3) is 3.53. The molecule has 0 spiro atoms. The lowest BCUT2D eigenvalue weighted by atomic mass is 9.99. The molecule has 0 heterocycles. The zero-order chi connectivity index (χ0) is 13.0. The van der Waals surface area contributed by atoms with Crippen molar-refractivity contribution in [1.29, 1.82) is 0 Å². The molecule has 17 heavy (non-hydrogen) atoms. The Balaban J connectivity index is 2.88. The summed E-state index contributed by atoms with van der Waals surface area (Å²) in [6.07, 6.45) is 0. The van der Waals surface area contributed by atoms with Gasteiger partial charge in [0.25, 0.3) is 0 Å². The summed E-state index contributed by atoms with van der Waals surface area (Å²) in [6.45, 7) is 7.03. The van der Waals surface area contributed by atoms with Gasteiger partial charge in [-0.2, -0.15) is 0 Å². The van der Waals surface area contributed by atoms with Gasteiger partial charge < -0.3 is 10.2 Å². The molecule has 0 saturated carbocycles. The first-order chi connectivity index (χ1) is 7.99. The van der Waals surface area contributed by atoms with Crippen molar-refractivity contribution in [2.45, 2.75) is 33.4 Å². The standard InChI is InChI=1S/C14H23NO2/c1-10-5-11(2)14(12(3)6-10)7-15(4)13(8-16)9-17/h5-6,13,16-17H,7-9H2,1-4H3. The highest BCUT2D eigenvalue weighted by Gasteiger charge is 2.14. The largest absolute Gasteiger partial charge is 0.395 e. The molecule has 0 fully saturated rings. The van der Waals surface area contributed by atoms with E-state index in [1.807, 2.05) is 11.9 Å². The van der Waals surface area contributed by atoms with Crippen molar-refractivity contribution in [2.24, 2.45) is 0 Å². The van der Waals surface area contributed by atoms with Crippen molar-refractivity contribution >= 4 is 0 Å². The molecule has 1 rings (SSSR count). The number of aliphatic hydroxyl groups is 2. The topological polar surface area (TPSA) is 43.7 Å². The van der Waals surface area contributed by atoms with E-state index in [1.54, 1.807) is 0 Å². The third-order valence-electron chi connectivity index (χ3n) is 3.29. The third-order valence-corrected chi connectivity index (χ3v) is 3.29. The number of hydrogen-bond acceptors (Lipinski definition) is 3. The lowest BCUT2D eigenvalue weighted by molar-refractivity contribution is 0.0871. The van der Waals surface area contributed by atoms with Crippen molar-refractivity contribution in [1.82, 2.24) is 4.90 Å². The summed E-state index contributed by atoms with van der Waals surface area (Å²) < 4.78 is 0. The van der Waals surface area contributed by atoms with Crippen molar-refractivity contribution in [3.8, 4) is 0 Å². The van der Waals surface area contributed by atoms with E-state index in [-0.39, 0.29) is 19.3 Å². The van der Waals surface area contributed by atoms with Crippen LogP contribution in [0.2, 0.25) is 0 Å². The molecule has 0 radical (unpaired) electrons. The van der Waals surface area contributed by atoms with E-state index < -0.39 is 0 Å². The van der Waals surface area contributed by atoms with Crippen molar-refractivity contribution in [3.05, 3.63) is 34.4 Å². The molecular weight excluding hydrogens is 214 g/mol. The second-order valence-electron chi connectivity index (χ2n) is 4.81. The van der Waals surface area contributed by atoms with E-state index in [2.05, 4.69) is 32.9 Å². The normalized spacial score (nSPS) is 11.5. The Morgan fingerprint density at radius 3 is 1.94 bits per heavy atom. The highest BCUT2D eigenvalue weighted by Crippen LogP contribution is 2.18. The Morgan fingerprint density at radius 2 is 1.53 bits per heavy atom. The summed E-state index contributed by atoms with van der Waals surface area (Å²) in [5.74, 6) is 0. The maximum absolute atomic E-state index is 9.16. The Bertz CT molecular complexity index is 349. The minimum absolute atomic E-state index is 0.0169. The molecule has 0 aliphatic carbocycles. The predicted molar refractivity (Wildman–Crippen MR) is 70.1 cm³/mol. The fraction of sp³-hybridized carbons (Fsp3) is 0.571. The van der Waals surface area contributed by atoms with Crippen LogP contribution in [0.5, 0.6) is 0 Å². The van der Waals surface area contributed by atoms with Gasteiger partial charge in [-0.25, -0.2) is 0 Å². The molecule has 0 amide bonds. The first-order valence-corrected chi connectivity index (χ1v) is 5.98. The van der Waals surface area contributed by atoms with Gasteiger partial charge in [0, 0.05) is 6.54 Å². The number of hydrogen-bond donors (Lipinski definition) is 2. The molecule has 1 aromatic carbocycles. The number of rotatable bonds is 5. The van der Waals surface area contributed by atoms with E-state index in [4.69, 9.17) is 10.2 Å². The number of aryl methyl sites for hydroxylation is 3. The summed E-state index contributed by atoms with van der Waals surface area (Å²) in [5.41, 5.74) is 5.09. The van der Waals surface area contributed by atoms with Crippen LogP contribution in [0.15, 0.2) is 12.1 Å². The van der Waals surface area contributed by atoms with Gasteiger partial charge in [-0.1, -0.05) is 17.7 Å². The van der Waals surface area contributed by atoms with Crippen LogP contribution in [0.3, 0.4) is 0 Å². The Hall–Kier alpha value is -0.900. The molecule has 96 valence electrons. The number of benzene rings is 1. The molecule has 1 aromatic rings. The van der Waals surface area contributed by atoms with Crippen molar-refractivity contribution < 1.29 is 10.2 Å². The molecule has 0 aromatic heterocycles. The van der Waals surface area contributed by atoms with Gasteiger partial charge in [0.1, 0.15) is 0 Å². The quantitative estimate of drug-likeness (QED) is 0.813. The van der Waals surface area contributed by atoms with Gasteiger partial charge >= 0.3 is 0 Å². The van der Waals surface area contributed by atoms with Crippen LogP contribution in [-0.2, 0) is 6.54 Å². The van der Waals surface area contributed by atoms with Gasteiger partial charge in [-0.05, 0) is 44.5 Å². The molecule has 0 atom stereocenters. The molecule has 0 aliphatic heterocycles. The minimum atomic E-state index is -0.185. The maximum atomic E-state index is 9.16. The second-order valence-corrected chi connectivity index (χ2v) is 4.81. The van der Waals surface area contributed by atoms with E-state index >= 15 is 0 Å². The number of aliphatic hydroxyl groups excluding tert-OH is 2. The van der Waals surface area contributed by atoms with Gasteiger partial charge in [-0.15, -0.1) is 0 Å². The average molecular weight is 237 g/mol. The molecule has 0 unspecified atom stereocenters. The van der Waals surface area contributed by atoms with Crippen LogP contribution >= 0.6 is 0 Å². The number of nitrogens with zero attached hydrogens (tertiary/aromatic N) is 1. The van der Waals surface area contributed by atoms with Crippen LogP contribution < -0.4 is 0 Å². The molecular formula is C14H23NO2. The zero-order valence-electron chi connectivity index (χ0n) is 11.2. The van der Waals surface area contributed by atoms with Crippen LogP contribution in [0, 0.1) is 20.8 Å². The monoisotopic (exact) mass is 237 g/mol. The molecule has 3 heteroatoms. The molecule has 0 aliphatic rings. The van der Waals surface area contributed by atoms with Crippen molar-refractivity contribution in [3.63, 3.8) is 0 Å². The second kappa shape index (κ2) is 6.15. The maximum Gasteiger partial charge on any atom is 0.0609 e. The summed E-state index contributed by atoms with van der Waals surface area (Å²) in [6, 6.07) is 4.15. The lowest BCUT2D eigenvalue weighted by Gasteiger charge is -2.26. The Labute approximate surface area is 104 Å². The molecule has 2 N–H and O–H groups in total. The minimum Gasteiger partial charge on any atom is -0.395 e. The van der Waals surface area contributed by atoms with Crippen LogP contribution in [0.25, 0.3) is 0 Å². The zero-order valence-corrected chi connectivity index (χ0v) is 11.2. The van der Waals surface area contributed by atoms with Crippen LogP contribution in [-0.4, -0.2) is 41.4 Å². The number of likely N-dealkylation sites (N-methyl/N-ethyl adjacent to an activating group) is 1. The lowest BCUT2D eigenvalue weighted by Crippen LogP contribution is -2.37. The van der Waals surface area contributed by atoms with E-state index in [1.165, 1.54) is 22.3 Å². The molecule has 0 saturated heterocycles. The Kier molecular flexibility index (Phi) is 5.12. The SMILES string of the molecule is Cc1cc(C)c(CN(C)C(CO)CO)c(C)c1. The van der Waals surface area contributed by atoms with Gasteiger partial charge in [0.2, 0.25) is 0 Å². The highest BCUT2D eigenvalue weighted by molar-refractivity contribution is 5.37. The Morgan fingerprint density at radius 1 is 1.06 bits per heavy atom. The predicted octanol–water partition coefficient (Wildman–Crippen LogP) is 1.40. The fourth-order valence-electron chi connectivity index (χ4n) is 2.17. The van der Waals surface area contributed by atoms with Gasteiger partial charge in [0.15, 0.2) is 0 Å². The highest BCUT2D eigenvalue weighted by atomic mass is 16.3. The fourth-order valence-corrected chi connectivity index (χ4v) is 2.17. The first-order valence-electron chi connectivity index (χ1n) is 5.98. The summed E-state index contributed by atoms with van der Waals surface area (Å²) in [4.78, 5) is 1.99. The van der Waals surface area contributed by atoms with E-state index in [0.717, 1.165) is 6.54 Å². The van der Waals surface area contributed by atoms with Crippen molar-refractivity contribution in [2.75, 3.05) is 20.3 Å². The van der Waals surface area contributed by atoms with E-state index in [0.29, 0.717) is 0 Å². The summed E-state index contributed by atoms with van der Waals surface area (Å²) >= 11 is 0. The smallest absolute Gasteiger partial charge is 0.0609 e. The summed E-state index contributed by atoms with van der Waals surface area (Å²) in [5, 5.41) is 18.3. The average Bonchev–Trinajstić information content (AvgIpc) is 2.25. The van der Waals surface area contributed by atoms with Crippen LogP contribution in [0.4, 0.5) is 0 Å².